The van der Waals surface area contributed by atoms with Crippen molar-refractivity contribution in [3.63, 3.8) is 0 Å². The summed E-state index contributed by atoms with van der Waals surface area (Å²) in [5.74, 6) is 1.92. The number of nitrogens with one attached hydrogen (secondary N) is 2. The molecule has 1 aliphatic carbocycles. The molecular formula is C43H44N2O6. The third-order valence-corrected chi connectivity index (χ3v) is 9.32. The van der Waals surface area contributed by atoms with Gasteiger partial charge in [-0.15, -0.1) is 0 Å². The quantitative estimate of drug-likeness (QED) is 0.123. The van der Waals surface area contributed by atoms with Crippen LogP contribution in [0.5, 0.6) is 17.2 Å². The topological polar surface area (TPSA) is 95.1 Å². The maximum absolute atomic E-state index is 13.5. The molecule has 2 N–H and O–H groups in total. The van der Waals surface area contributed by atoms with Crippen molar-refractivity contribution in [2.75, 3.05) is 34.0 Å². The van der Waals surface area contributed by atoms with Gasteiger partial charge in [0.2, 0.25) is 0 Å². The Labute approximate surface area is 299 Å². The molecule has 0 radical (unpaired) electrons. The molecule has 0 aromatic heterocycles. The molecule has 1 aliphatic rings. The molecule has 2 amide bonds. The predicted molar refractivity (Wildman–Crippen MR) is 199 cm³/mol. The fourth-order valence-electron chi connectivity index (χ4n) is 6.53. The summed E-state index contributed by atoms with van der Waals surface area (Å²) in [5.41, 5.74) is 8.56. The lowest BCUT2D eigenvalue weighted by atomic mass is 9.97. The number of amides is 2. The van der Waals surface area contributed by atoms with Crippen molar-refractivity contribution in [3.8, 4) is 28.4 Å². The van der Waals surface area contributed by atoms with E-state index < -0.39 is 12.1 Å². The van der Waals surface area contributed by atoms with Crippen LogP contribution in [0.15, 0.2) is 115 Å². The maximum atomic E-state index is 13.5. The van der Waals surface area contributed by atoms with Gasteiger partial charge in [-0.25, -0.2) is 4.79 Å². The highest BCUT2D eigenvalue weighted by Crippen LogP contribution is 2.44. The summed E-state index contributed by atoms with van der Waals surface area (Å²) in [6.45, 7) is 4.94. The van der Waals surface area contributed by atoms with Crippen molar-refractivity contribution in [3.05, 3.63) is 149 Å². The molecule has 1 atom stereocenters. The molecule has 1 unspecified atom stereocenters. The molecule has 0 saturated carbocycles. The second-order valence-corrected chi connectivity index (χ2v) is 12.9. The van der Waals surface area contributed by atoms with Gasteiger partial charge < -0.3 is 29.6 Å². The number of carbonyl (C=O) groups excluding carboxylic acids is 2. The molecular weight excluding hydrogens is 640 g/mol. The molecule has 0 fully saturated rings. The average molecular weight is 685 g/mol. The van der Waals surface area contributed by atoms with Gasteiger partial charge >= 0.3 is 6.09 Å². The predicted octanol–water partition coefficient (Wildman–Crippen LogP) is 8.19. The van der Waals surface area contributed by atoms with E-state index in [2.05, 4.69) is 73.0 Å². The zero-order valence-electron chi connectivity index (χ0n) is 29.5. The van der Waals surface area contributed by atoms with E-state index in [1.807, 2.05) is 48.5 Å². The van der Waals surface area contributed by atoms with Crippen molar-refractivity contribution in [1.29, 1.82) is 0 Å². The lowest BCUT2D eigenvalue weighted by Gasteiger charge is -2.23. The van der Waals surface area contributed by atoms with Gasteiger partial charge in [0.25, 0.3) is 5.91 Å². The van der Waals surface area contributed by atoms with E-state index in [1.165, 1.54) is 11.1 Å². The van der Waals surface area contributed by atoms with Crippen LogP contribution in [0.4, 0.5) is 4.79 Å². The Morgan fingerprint density at radius 3 is 1.98 bits per heavy atom. The first-order chi connectivity index (χ1) is 24.8. The molecule has 5 aromatic carbocycles. The largest absolute Gasteiger partial charge is 0.497 e. The van der Waals surface area contributed by atoms with E-state index in [9.17, 15) is 9.59 Å². The Kier molecular flexibility index (Phi) is 11.2. The van der Waals surface area contributed by atoms with Gasteiger partial charge in [-0.3, -0.25) is 4.79 Å². The highest BCUT2D eigenvalue weighted by atomic mass is 16.5. The van der Waals surface area contributed by atoms with Crippen LogP contribution in [0.3, 0.4) is 0 Å². The van der Waals surface area contributed by atoms with Crippen molar-refractivity contribution in [1.82, 2.24) is 10.6 Å². The van der Waals surface area contributed by atoms with E-state index in [0.717, 1.165) is 39.8 Å². The Hall–Kier alpha value is -5.76. The summed E-state index contributed by atoms with van der Waals surface area (Å²) in [5, 5.41) is 5.99. The van der Waals surface area contributed by atoms with E-state index >= 15 is 0 Å². The van der Waals surface area contributed by atoms with Gasteiger partial charge in [0.1, 0.15) is 23.9 Å². The number of rotatable bonds is 14. The van der Waals surface area contributed by atoms with Gasteiger partial charge in [0.05, 0.1) is 20.3 Å². The first kappa shape index (κ1) is 35.1. The molecule has 0 aliphatic heterocycles. The fourth-order valence-corrected chi connectivity index (χ4v) is 6.53. The normalized spacial score (nSPS) is 12.4. The van der Waals surface area contributed by atoms with Gasteiger partial charge in [-0.1, -0.05) is 98.8 Å². The van der Waals surface area contributed by atoms with Crippen LogP contribution in [0.1, 0.15) is 65.1 Å². The number of carbonyl (C=O) groups is 2. The fraction of sp³-hybridized carbons (Fsp3) is 0.256. The smallest absolute Gasteiger partial charge is 0.407 e. The van der Waals surface area contributed by atoms with Crippen molar-refractivity contribution >= 4 is 12.0 Å². The standard InChI is InChI=1S/C43H44N2O6/c1-28(2)30-15-13-29(14-16-30)23-24-44-41(46)27-50-32-19-17-31(18-20-32)42(38-22-21-33(48-3)25-40(38)49-4)45-43(47)51-26-39-36-11-7-5-9-34(36)35-10-6-8-12-37(35)39/h5-22,25,28,39,42H,23-24,26-27H2,1-4H3,(H,44,46)(H,45,47). The molecule has 5 aromatic rings. The molecule has 0 saturated heterocycles. The molecule has 51 heavy (non-hydrogen) atoms. The van der Waals surface area contributed by atoms with Gasteiger partial charge in [-0.05, 0) is 75.5 Å². The molecule has 6 rings (SSSR count). The minimum Gasteiger partial charge on any atom is -0.497 e. The Balaban J connectivity index is 1.10. The number of benzene rings is 5. The number of hydrogen-bond donors (Lipinski definition) is 2. The summed E-state index contributed by atoms with van der Waals surface area (Å²) < 4.78 is 22.8. The summed E-state index contributed by atoms with van der Waals surface area (Å²) in [7, 11) is 3.17. The van der Waals surface area contributed by atoms with Crippen molar-refractivity contribution in [2.24, 2.45) is 0 Å². The van der Waals surface area contributed by atoms with Gasteiger partial charge in [0.15, 0.2) is 6.61 Å². The van der Waals surface area contributed by atoms with Crippen molar-refractivity contribution < 1.29 is 28.5 Å². The molecule has 0 heterocycles. The third kappa shape index (κ3) is 8.35. The first-order valence-corrected chi connectivity index (χ1v) is 17.3. The molecule has 0 spiro atoms. The van der Waals surface area contributed by atoms with E-state index in [0.29, 0.717) is 29.7 Å². The summed E-state index contributed by atoms with van der Waals surface area (Å²) in [4.78, 5) is 26.0. The van der Waals surface area contributed by atoms with Crippen LogP contribution in [-0.4, -0.2) is 46.0 Å². The lowest BCUT2D eigenvalue weighted by Crippen LogP contribution is -2.31. The number of methoxy groups -OCH3 is 2. The highest BCUT2D eigenvalue weighted by Gasteiger charge is 2.30. The monoisotopic (exact) mass is 684 g/mol. The molecule has 8 nitrogen and oxygen atoms in total. The highest BCUT2D eigenvalue weighted by molar-refractivity contribution is 5.79. The van der Waals surface area contributed by atoms with Crippen molar-refractivity contribution in [2.45, 2.75) is 38.1 Å². The van der Waals surface area contributed by atoms with Crippen LogP contribution >= 0.6 is 0 Å². The van der Waals surface area contributed by atoms with Crippen LogP contribution in [0, 0.1) is 0 Å². The molecule has 262 valence electrons. The maximum Gasteiger partial charge on any atom is 0.407 e. The van der Waals surface area contributed by atoms with Crippen LogP contribution < -0.4 is 24.8 Å². The van der Waals surface area contributed by atoms with E-state index in [1.54, 1.807) is 32.4 Å². The van der Waals surface area contributed by atoms with Crippen LogP contribution in [0.25, 0.3) is 11.1 Å². The number of fused-ring (bicyclic) bond motifs is 3. The minimum absolute atomic E-state index is 0.0676. The zero-order valence-corrected chi connectivity index (χ0v) is 29.5. The summed E-state index contributed by atoms with van der Waals surface area (Å²) in [6.07, 6.45) is 0.179. The van der Waals surface area contributed by atoms with Crippen LogP contribution in [0.2, 0.25) is 0 Å². The molecule has 8 heteroatoms. The Bertz CT molecular complexity index is 1910. The van der Waals surface area contributed by atoms with E-state index in [4.69, 9.17) is 18.9 Å². The number of ether oxygens (including phenoxy) is 4. The number of alkyl carbamates (subject to hydrolysis) is 1. The van der Waals surface area contributed by atoms with Gasteiger partial charge in [0, 0.05) is 24.1 Å². The Morgan fingerprint density at radius 1 is 0.725 bits per heavy atom. The van der Waals surface area contributed by atoms with Crippen LogP contribution in [-0.2, 0) is 16.0 Å². The third-order valence-electron chi connectivity index (χ3n) is 9.32. The van der Waals surface area contributed by atoms with E-state index in [-0.39, 0.29) is 25.0 Å². The Morgan fingerprint density at radius 2 is 1.35 bits per heavy atom. The second kappa shape index (κ2) is 16.3. The minimum atomic E-state index is -0.617. The zero-order chi connectivity index (χ0) is 35.7. The summed E-state index contributed by atoms with van der Waals surface area (Å²) in [6, 6.07) is 37.1. The average Bonchev–Trinajstić information content (AvgIpc) is 3.49. The molecule has 0 bridgehead atoms. The lowest BCUT2D eigenvalue weighted by molar-refractivity contribution is -0.123. The first-order valence-electron chi connectivity index (χ1n) is 17.3. The number of hydrogen-bond acceptors (Lipinski definition) is 6. The van der Waals surface area contributed by atoms with Gasteiger partial charge in [-0.2, -0.15) is 0 Å². The summed E-state index contributed by atoms with van der Waals surface area (Å²) >= 11 is 0. The SMILES string of the molecule is COc1ccc(C(NC(=O)OCC2c3ccccc3-c3ccccc32)c2ccc(OCC(=O)NCCc3ccc(C(C)C)cc3)cc2)c(OC)c1. The second-order valence-electron chi connectivity index (χ2n) is 12.9.